The van der Waals surface area contributed by atoms with E-state index in [-0.39, 0.29) is 6.54 Å². The van der Waals surface area contributed by atoms with E-state index in [1.165, 1.54) is 0 Å². The van der Waals surface area contributed by atoms with Crippen molar-refractivity contribution in [3.8, 4) is 11.8 Å². The topological polar surface area (TPSA) is 48.8 Å². The molecule has 0 aliphatic carbocycles. The van der Waals surface area contributed by atoms with Gasteiger partial charge < -0.3 is 0 Å². The Bertz CT molecular complexity index is 519. The first-order chi connectivity index (χ1) is 7.95. The number of halogens is 4. The standard InChI is InChI=1S/C10H5F4N3/c11-8-3-4-9(10(12,13)14)7(6-8)2-1-5-16-17-15/h3-4,6H,5H2. The molecule has 0 fully saturated rings. The molecule has 0 aromatic heterocycles. The number of nitrogens with zero attached hydrogens (tertiary/aromatic N) is 3. The normalized spacial score (nSPS) is 10.1. The second kappa shape index (κ2) is 5.23. The summed E-state index contributed by atoms with van der Waals surface area (Å²) in [6, 6.07) is 2.01. The van der Waals surface area contributed by atoms with E-state index in [0.717, 1.165) is 0 Å². The summed E-state index contributed by atoms with van der Waals surface area (Å²) >= 11 is 0. The Balaban J connectivity index is 3.15. The lowest BCUT2D eigenvalue weighted by molar-refractivity contribution is -0.137. The highest BCUT2D eigenvalue weighted by molar-refractivity contribution is 5.43. The lowest BCUT2D eigenvalue weighted by Gasteiger charge is -2.08. The summed E-state index contributed by atoms with van der Waals surface area (Å²) in [5.41, 5.74) is 6.44. The molecule has 0 unspecified atom stereocenters. The van der Waals surface area contributed by atoms with Crippen molar-refractivity contribution in [3.63, 3.8) is 0 Å². The molecule has 1 aromatic carbocycles. The van der Waals surface area contributed by atoms with Gasteiger partial charge in [-0.2, -0.15) is 13.2 Å². The van der Waals surface area contributed by atoms with Gasteiger partial charge in [-0.3, -0.25) is 0 Å². The van der Waals surface area contributed by atoms with E-state index in [0.29, 0.717) is 18.2 Å². The summed E-state index contributed by atoms with van der Waals surface area (Å²) in [5, 5.41) is 3.03. The monoisotopic (exact) mass is 243 g/mol. The maximum absolute atomic E-state index is 12.8. The molecule has 0 aliphatic rings. The number of rotatable bonds is 1. The van der Waals surface area contributed by atoms with Crippen molar-refractivity contribution in [2.75, 3.05) is 6.54 Å². The zero-order chi connectivity index (χ0) is 12.9. The Morgan fingerprint density at radius 2 is 2.06 bits per heavy atom. The maximum Gasteiger partial charge on any atom is 0.417 e. The van der Waals surface area contributed by atoms with Crippen molar-refractivity contribution in [1.82, 2.24) is 0 Å². The minimum Gasteiger partial charge on any atom is -0.207 e. The van der Waals surface area contributed by atoms with Crippen molar-refractivity contribution < 1.29 is 17.6 Å². The smallest absolute Gasteiger partial charge is 0.207 e. The summed E-state index contributed by atoms with van der Waals surface area (Å²) in [6.45, 7) is -0.274. The second-order valence-corrected chi connectivity index (χ2v) is 2.88. The van der Waals surface area contributed by atoms with Crippen LogP contribution in [0.15, 0.2) is 23.3 Å². The first-order valence-electron chi connectivity index (χ1n) is 4.31. The minimum absolute atomic E-state index is 0.274. The van der Waals surface area contributed by atoms with Crippen LogP contribution in [0.4, 0.5) is 17.6 Å². The fourth-order valence-corrected chi connectivity index (χ4v) is 1.07. The van der Waals surface area contributed by atoms with E-state index in [2.05, 4.69) is 21.9 Å². The molecule has 0 N–H and O–H groups in total. The molecule has 88 valence electrons. The molecular formula is C10H5F4N3. The van der Waals surface area contributed by atoms with Gasteiger partial charge >= 0.3 is 6.18 Å². The third kappa shape index (κ3) is 3.70. The van der Waals surface area contributed by atoms with Gasteiger partial charge in [-0.15, -0.1) is 0 Å². The molecule has 7 heteroatoms. The number of benzene rings is 1. The quantitative estimate of drug-likeness (QED) is 0.238. The zero-order valence-corrected chi connectivity index (χ0v) is 8.29. The Labute approximate surface area is 93.7 Å². The zero-order valence-electron chi connectivity index (χ0n) is 8.29. The van der Waals surface area contributed by atoms with Gasteiger partial charge in [0.2, 0.25) is 0 Å². The van der Waals surface area contributed by atoms with Gasteiger partial charge in [0.05, 0.1) is 12.1 Å². The minimum atomic E-state index is -4.60. The molecule has 1 aromatic rings. The van der Waals surface area contributed by atoms with Crippen LogP contribution in [0.5, 0.6) is 0 Å². The summed E-state index contributed by atoms with van der Waals surface area (Å²) in [6.07, 6.45) is -4.60. The van der Waals surface area contributed by atoms with Gasteiger partial charge in [0.1, 0.15) is 5.82 Å². The van der Waals surface area contributed by atoms with Crippen LogP contribution in [-0.4, -0.2) is 6.54 Å². The molecule has 0 radical (unpaired) electrons. The highest BCUT2D eigenvalue weighted by Crippen LogP contribution is 2.31. The van der Waals surface area contributed by atoms with Crippen LogP contribution >= 0.6 is 0 Å². The van der Waals surface area contributed by atoms with Gasteiger partial charge in [0, 0.05) is 10.5 Å². The van der Waals surface area contributed by atoms with Crippen LogP contribution < -0.4 is 0 Å². The molecule has 0 saturated heterocycles. The molecule has 0 spiro atoms. The van der Waals surface area contributed by atoms with Crippen LogP contribution in [0, 0.1) is 17.7 Å². The summed E-state index contributed by atoms with van der Waals surface area (Å²) in [4.78, 5) is 2.38. The molecule has 0 aliphatic heterocycles. The Hall–Kier alpha value is -2.19. The van der Waals surface area contributed by atoms with Crippen molar-refractivity contribution in [2.24, 2.45) is 5.11 Å². The molecule has 0 atom stereocenters. The van der Waals surface area contributed by atoms with Crippen LogP contribution in [0.2, 0.25) is 0 Å². The van der Waals surface area contributed by atoms with Crippen molar-refractivity contribution in [1.29, 1.82) is 0 Å². The first-order valence-corrected chi connectivity index (χ1v) is 4.31. The van der Waals surface area contributed by atoms with Crippen LogP contribution in [0.1, 0.15) is 11.1 Å². The first kappa shape index (κ1) is 12.9. The number of azide groups is 1. The molecule has 17 heavy (non-hydrogen) atoms. The Kier molecular flexibility index (Phi) is 3.96. The van der Waals surface area contributed by atoms with Gasteiger partial charge in [0.25, 0.3) is 0 Å². The fraction of sp³-hybridized carbons (Fsp3) is 0.200. The average Bonchev–Trinajstić information content (AvgIpc) is 2.23. The van der Waals surface area contributed by atoms with Crippen molar-refractivity contribution in [3.05, 3.63) is 45.6 Å². The van der Waals surface area contributed by atoms with Crippen LogP contribution in [0.25, 0.3) is 10.4 Å². The van der Waals surface area contributed by atoms with E-state index in [9.17, 15) is 17.6 Å². The molecule has 0 heterocycles. The molecule has 3 nitrogen and oxygen atoms in total. The number of alkyl halides is 3. The third-order valence-corrected chi connectivity index (χ3v) is 1.72. The van der Waals surface area contributed by atoms with E-state index < -0.39 is 23.1 Å². The predicted octanol–water partition coefficient (Wildman–Crippen LogP) is 3.51. The molecule has 0 amide bonds. The van der Waals surface area contributed by atoms with E-state index in [1.54, 1.807) is 0 Å². The maximum atomic E-state index is 12.8. The van der Waals surface area contributed by atoms with Gasteiger partial charge in [-0.1, -0.05) is 17.0 Å². The van der Waals surface area contributed by atoms with E-state index >= 15 is 0 Å². The highest BCUT2D eigenvalue weighted by Gasteiger charge is 2.33. The third-order valence-electron chi connectivity index (χ3n) is 1.72. The van der Waals surface area contributed by atoms with Crippen LogP contribution in [-0.2, 0) is 6.18 Å². The Morgan fingerprint density at radius 3 is 2.65 bits per heavy atom. The lowest BCUT2D eigenvalue weighted by Crippen LogP contribution is -2.07. The Morgan fingerprint density at radius 1 is 1.35 bits per heavy atom. The molecule has 0 saturated carbocycles. The fourth-order valence-electron chi connectivity index (χ4n) is 1.07. The number of hydrogen-bond acceptors (Lipinski definition) is 1. The van der Waals surface area contributed by atoms with Gasteiger partial charge in [-0.05, 0) is 23.7 Å². The van der Waals surface area contributed by atoms with Crippen molar-refractivity contribution in [2.45, 2.75) is 6.18 Å². The highest BCUT2D eigenvalue weighted by atomic mass is 19.4. The molecule has 0 bridgehead atoms. The van der Waals surface area contributed by atoms with Gasteiger partial charge in [-0.25, -0.2) is 4.39 Å². The number of hydrogen-bond donors (Lipinski definition) is 0. The molecule has 1 rings (SSSR count). The largest absolute Gasteiger partial charge is 0.417 e. The summed E-state index contributed by atoms with van der Waals surface area (Å²) in [5.74, 6) is 3.51. The SMILES string of the molecule is [N-]=[N+]=NCC#Cc1cc(F)ccc1C(F)(F)F. The second-order valence-electron chi connectivity index (χ2n) is 2.88. The summed E-state index contributed by atoms with van der Waals surface area (Å²) in [7, 11) is 0. The van der Waals surface area contributed by atoms with E-state index in [1.807, 2.05) is 0 Å². The van der Waals surface area contributed by atoms with E-state index in [4.69, 9.17) is 5.53 Å². The van der Waals surface area contributed by atoms with Gasteiger partial charge in [0.15, 0.2) is 0 Å². The van der Waals surface area contributed by atoms with Crippen LogP contribution in [0.3, 0.4) is 0 Å². The summed E-state index contributed by atoms with van der Waals surface area (Å²) < 4.78 is 50.2. The lowest BCUT2D eigenvalue weighted by atomic mass is 10.1. The molecular weight excluding hydrogens is 238 g/mol. The average molecular weight is 243 g/mol. The predicted molar refractivity (Wildman–Crippen MR) is 52.3 cm³/mol. The van der Waals surface area contributed by atoms with Crippen molar-refractivity contribution >= 4 is 0 Å².